The first-order valence-corrected chi connectivity index (χ1v) is 5.70. The predicted molar refractivity (Wildman–Crippen MR) is 48.7 cm³/mol. The van der Waals surface area contributed by atoms with Gasteiger partial charge in [0, 0.05) is 27.4 Å². The van der Waals surface area contributed by atoms with Crippen molar-refractivity contribution in [3.05, 3.63) is 0 Å². The Morgan fingerprint density at radius 3 is 1.69 bits per heavy atom. The van der Waals surface area contributed by atoms with Crippen molar-refractivity contribution in [2.24, 2.45) is 0 Å². The average Bonchev–Trinajstić information content (AvgIpc) is 2.16. The fraction of sp³-hybridized carbons (Fsp3) is 1.00. The lowest BCUT2D eigenvalue weighted by atomic mass is 10.9. The lowest BCUT2D eigenvalue weighted by Gasteiger charge is -2.23. The second kappa shape index (κ2) is 6.51. The van der Waals surface area contributed by atoms with Crippen LogP contribution in [0.3, 0.4) is 0 Å². The third kappa shape index (κ3) is 3.75. The summed E-state index contributed by atoms with van der Waals surface area (Å²) in [5.74, 6) is 0. The van der Waals surface area contributed by atoms with Gasteiger partial charge >= 0.3 is 7.60 Å². The second-order valence-electron chi connectivity index (χ2n) is 2.12. The Morgan fingerprint density at radius 1 is 1.08 bits per heavy atom. The van der Waals surface area contributed by atoms with Crippen LogP contribution < -0.4 is 0 Å². The van der Waals surface area contributed by atoms with E-state index in [-0.39, 0.29) is 0 Å². The number of ether oxygens (including phenoxy) is 2. The van der Waals surface area contributed by atoms with Gasteiger partial charge in [0.15, 0.2) is 0 Å². The van der Waals surface area contributed by atoms with Gasteiger partial charge in [0.25, 0.3) is 6.03 Å². The van der Waals surface area contributed by atoms with E-state index in [4.69, 9.17) is 18.5 Å². The summed E-state index contributed by atoms with van der Waals surface area (Å²) in [7, 11) is -0.667. The van der Waals surface area contributed by atoms with E-state index in [2.05, 4.69) is 0 Å². The normalized spacial score (nSPS) is 12.4. The zero-order valence-electron chi connectivity index (χ0n) is 8.48. The van der Waals surface area contributed by atoms with Crippen LogP contribution in [-0.4, -0.2) is 33.5 Å². The van der Waals surface area contributed by atoms with Crippen molar-refractivity contribution in [1.29, 1.82) is 0 Å². The number of hydrogen-bond acceptors (Lipinski definition) is 5. The van der Waals surface area contributed by atoms with Gasteiger partial charge < -0.3 is 18.5 Å². The molecule has 6 heteroatoms. The van der Waals surface area contributed by atoms with E-state index < -0.39 is 13.6 Å². The van der Waals surface area contributed by atoms with Gasteiger partial charge in [-0.2, -0.15) is 0 Å². The van der Waals surface area contributed by atoms with E-state index in [0.29, 0.717) is 13.2 Å². The summed E-state index contributed by atoms with van der Waals surface area (Å²) < 4.78 is 31.4. The molecule has 0 N–H and O–H groups in total. The first-order chi connectivity index (χ1) is 6.14. The summed E-state index contributed by atoms with van der Waals surface area (Å²) in [5.41, 5.74) is 0. The lowest BCUT2D eigenvalue weighted by Crippen LogP contribution is -2.19. The Bertz CT molecular complexity index is 158. The van der Waals surface area contributed by atoms with Gasteiger partial charge in [-0.05, 0) is 13.8 Å². The van der Waals surface area contributed by atoms with Crippen molar-refractivity contribution < 1.29 is 23.1 Å². The van der Waals surface area contributed by atoms with E-state index in [0.717, 1.165) is 0 Å². The molecule has 0 saturated heterocycles. The SMILES string of the molecule is CCOC(OCC)P(=O)(OC)OC. The summed E-state index contributed by atoms with van der Waals surface area (Å²) >= 11 is 0. The Hall–Kier alpha value is 0.0700. The summed E-state index contributed by atoms with van der Waals surface area (Å²) in [6.45, 7) is 4.34. The molecule has 0 fully saturated rings. The standard InChI is InChI=1S/C7H17O5P/c1-5-11-7(12-6-2)13(8,9-3)10-4/h7H,5-6H2,1-4H3. The van der Waals surface area contributed by atoms with Crippen molar-refractivity contribution in [2.45, 2.75) is 19.9 Å². The number of hydrogen-bond donors (Lipinski definition) is 0. The van der Waals surface area contributed by atoms with Crippen molar-refractivity contribution in [1.82, 2.24) is 0 Å². The Morgan fingerprint density at radius 2 is 1.46 bits per heavy atom. The molecule has 0 aliphatic rings. The zero-order valence-corrected chi connectivity index (χ0v) is 9.37. The molecule has 0 saturated carbocycles. The van der Waals surface area contributed by atoms with E-state index in [1.165, 1.54) is 14.2 Å². The third-order valence-electron chi connectivity index (χ3n) is 1.39. The van der Waals surface area contributed by atoms with E-state index in [9.17, 15) is 4.57 Å². The highest BCUT2D eigenvalue weighted by Gasteiger charge is 2.35. The highest BCUT2D eigenvalue weighted by Crippen LogP contribution is 2.52. The molecule has 0 aromatic carbocycles. The van der Waals surface area contributed by atoms with Crippen LogP contribution in [0.2, 0.25) is 0 Å². The minimum Gasteiger partial charge on any atom is -0.343 e. The van der Waals surface area contributed by atoms with Crippen LogP contribution in [0.1, 0.15) is 13.8 Å². The molecular weight excluding hydrogens is 195 g/mol. The fourth-order valence-electron chi connectivity index (χ4n) is 0.763. The van der Waals surface area contributed by atoms with Crippen LogP contribution in [0.15, 0.2) is 0 Å². The second-order valence-corrected chi connectivity index (χ2v) is 4.35. The van der Waals surface area contributed by atoms with E-state index >= 15 is 0 Å². The molecule has 13 heavy (non-hydrogen) atoms. The molecule has 0 aromatic rings. The zero-order chi connectivity index (χ0) is 10.3. The minimum atomic E-state index is -3.27. The van der Waals surface area contributed by atoms with Gasteiger partial charge in [-0.15, -0.1) is 0 Å². The van der Waals surface area contributed by atoms with Crippen LogP contribution in [0.5, 0.6) is 0 Å². The van der Waals surface area contributed by atoms with Crippen molar-refractivity contribution in [2.75, 3.05) is 27.4 Å². The topological polar surface area (TPSA) is 54.0 Å². The van der Waals surface area contributed by atoms with Crippen LogP contribution in [-0.2, 0) is 23.1 Å². The molecule has 0 rings (SSSR count). The third-order valence-corrected chi connectivity index (χ3v) is 3.22. The van der Waals surface area contributed by atoms with Crippen molar-refractivity contribution >= 4 is 7.60 Å². The van der Waals surface area contributed by atoms with Gasteiger partial charge in [-0.1, -0.05) is 0 Å². The largest absolute Gasteiger partial charge is 0.385 e. The average molecular weight is 212 g/mol. The highest BCUT2D eigenvalue weighted by molar-refractivity contribution is 7.54. The molecule has 5 nitrogen and oxygen atoms in total. The number of rotatable bonds is 7. The monoisotopic (exact) mass is 212 g/mol. The Balaban J connectivity index is 4.38. The molecule has 0 radical (unpaired) electrons. The maximum absolute atomic E-state index is 11.7. The van der Waals surface area contributed by atoms with Crippen molar-refractivity contribution in [3.8, 4) is 0 Å². The maximum Gasteiger partial charge on any atom is 0.385 e. The molecule has 0 aromatic heterocycles. The Labute approximate surface area is 78.8 Å². The van der Waals surface area contributed by atoms with Gasteiger partial charge in [0.1, 0.15) is 0 Å². The van der Waals surface area contributed by atoms with E-state index in [1.54, 1.807) is 13.8 Å². The first-order valence-electron chi connectivity index (χ1n) is 4.09. The smallest absolute Gasteiger partial charge is 0.343 e. The first kappa shape index (κ1) is 13.1. The van der Waals surface area contributed by atoms with Crippen LogP contribution in [0.4, 0.5) is 0 Å². The molecule has 80 valence electrons. The quantitative estimate of drug-likeness (QED) is 0.476. The molecule has 0 atom stereocenters. The van der Waals surface area contributed by atoms with Gasteiger partial charge in [-0.25, -0.2) is 0 Å². The predicted octanol–water partition coefficient (Wildman–Crippen LogP) is 1.83. The summed E-state index contributed by atoms with van der Waals surface area (Å²) in [5, 5.41) is 0. The molecule has 0 heterocycles. The van der Waals surface area contributed by atoms with Crippen molar-refractivity contribution in [3.63, 3.8) is 0 Å². The molecule has 0 amide bonds. The van der Waals surface area contributed by atoms with Gasteiger partial charge in [-0.3, -0.25) is 4.57 Å². The fourth-order valence-corrected chi connectivity index (χ4v) is 1.92. The molecule has 0 aliphatic heterocycles. The summed E-state index contributed by atoms with van der Waals surface area (Å²) in [4.78, 5) is 0. The minimum absolute atomic E-state index is 0.390. The van der Waals surface area contributed by atoms with Crippen LogP contribution >= 0.6 is 7.60 Å². The summed E-state index contributed by atoms with van der Waals surface area (Å²) in [6.07, 6.45) is 0. The molecule has 0 unspecified atom stereocenters. The van der Waals surface area contributed by atoms with Gasteiger partial charge in [0.2, 0.25) is 0 Å². The molecule has 0 spiro atoms. The van der Waals surface area contributed by atoms with Crippen LogP contribution in [0.25, 0.3) is 0 Å². The Kier molecular flexibility index (Phi) is 6.55. The molecule has 0 aliphatic carbocycles. The lowest BCUT2D eigenvalue weighted by molar-refractivity contribution is -0.0961. The molecule has 0 bridgehead atoms. The highest BCUT2D eigenvalue weighted by atomic mass is 31.2. The summed E-state index contributed by atoms with van der Waals surface area (Å²) in [6, 6.07) is -0.933. The maximum atomic E-state index is 11.7. The van der Waals surface area contributed by atoms with Gasteiger partial charge in [0.05, 0.1) is 0 Å². The van der Waals surface area contributed by atoms with E-state index in [1.807, 2.05) is 0 Å². The van der Waals surface area contributed by atoms with Crippen LogP contribution in [0, 0.1) is 0 Å². The molecular formula is C7H17O5P.